The summed E-state index contributed by atoms with van der Waals surface area (Å²) in [6, 6.07) is 15.3. The van der Waals surface area contributed by atoms with Gasteiger partial charge >= 0.3 is 0 Å². The van der Waals surface area contributed by atoms with Crippen molar-refractivity contribution < 1.29 is 9.53 Å². The molecule has 0 saturated heterocycles. The van der Waals surface area contributed by atoms with E-state index in [-0.39, 0.29) is 18.6 Å². The third-order valence-corrected chi connectivity index (χ3v) is 3.56. The number of hydrogen-bond donors (Lipinski definition) is 1. The summed E-state index contributed by atoms with van der Waals surface area (Å²) in [4.78, 5) is 14.0. The predicted molar refractivity (Wildman–Crippen MR) is 78.7 cm³/mol. The lowest BCUT2D eigenvalue weighted by Crippen LogP contribution is -2.41. The molecule has 102 valence electrons. The van der Waals surface area contributed by atoms with Gasteiger partial charge in [-0.15, -0.1) is 0 Å². The average molecular weight is 268 g/mol. The van der Waals surface area contributed by atoms with Gasteiger partial charge in [-0.3, -0.25) is 9.69 Å². The van der Waals surface area contributed by atoms with Crippen LogP contribution in [0.4, 0.5) is 11.4 Å². The van der Waals surface area contributed by atoms with Gasteiger partial charge in [0.15, 0.2) is 6.61 Å². The highest BCUT2D eigenvalue weighted by Crippen LogP contribution is 2.41. The Morgan fingerprint density at radius 1 is 1.15 bits per heavy atom. The first kappa shape index (κ1) is 12.5. The van der Waals surface area contributed by atoms with E-state index in [1.807, 2.05) is 49.4 Å². The fraction of sp³-hybridized carbons (Fsp3) is 0.188. The number of ether oxygens (including phenoxy) is 1. The molecule has 0 aromatic heterocycles. The van der Waals surface area contributed by atoms with Gasteiger partial charge in [0, 0.05) is 0 Å². The Balaban J connectivity index is 2.08. The Kier molecular flexibility index (Phi) is 3.06. The van der Waals surface area contributed by atoms with E-state index in [0.717, 1.165) is 5.56 Å². The van der Waals surface area contributed by atoms with Crippen LogP contribution in [0, 0.1) is 0 Å². The molecule has 1 unspecified atom stereocenters. The lowest BCUT2D eigenvalue weighted by molar-refractivity contribution is -0.121. The molecule has 1 aliphatic heterocycles. The smallest absolute Gasteiger partial charge is 0.265 e. The number of hydrogen-bond acceptors (Lipinski definition) is 3. The van der Waals surface area contributed by atoms with Crippen LogP contribution >= 0.6 is 0 Å². The second kappa shape index (κ2) is 4.89. The zero-order valence-electron chi connectivity index (χ0n) is 11.2. The van der Waals surface area contributed by atoms with Crippen molar-refractivity contribution in [2.45, 2.75) is 13.0 Å². The topological polar surface area (TPSA) is 55.6 Å². The normalized spacial score (nSPS) is 15.4. The quantitative estimate of drug-likeness (QED) is 0.852. The summed E-state index contributed by atoms with van der Waals surface area (Å²) < 4.78 is 5.46. The number of nitrogens with two attached hydrogens (primary N) is 1. The van der Waals surface area contributed by atoms with Crippen molar-refractivity contribution in [3.63, 3.8) is 0 Å². The molecule has 2 aromatic rings. The second-order valence-corrected chi connectivity index (χ2v) is 4.83. The van der Waals surface area contributed by atoms with E-state index in [1.54, 1.807) is 11.0 Å². The zero-order valence-corrected chi connectivity index (χ0v) is 11.2. The van der Waals surface area contributed by atoms with Gasteiger partial charge in [0.2, 0.25) is 0 Å². The maximum absolute atomic E-state index is 12.3. The molecule has 3 rings (SSSR count). The number of para-hydroxylation sites is 1. The molecule has 0 spiro atoms. The van der Waals surface area contributed by atoms with Gasteiger partial charge in [0.25, 0.3) is 5.91 Å². The molecule has 1 amide bonds. The summed E-state index contributed by atoms with van der Waals surface area (Å²) in [5.41, 5.74) is 8.32. The number of benzene rings is 2. The molecule has 1 atom stereocenters. The summed E-state index contributed by atoms with van der Waals surface area (Å²) in [5.74, 6) is 0.583. The maximum Gasteiger partial charge on any atom is 0.265 e. The summed E-state index contributed by atoms with van der Waals surface area (Å²) in [5, 5.41) is 0. The lowest BCUT2D eigenvalue weighted by atomic mass is 10.0. The number of rotatable bonds is 2. The van der Waals surface area contributed by atoms with Crippen LogP contribution in [0.5, 0.6) is 5.75 Å². The second-order valence-electron chi connectivity index (χ2n) is 4.83. The lowest BCUT2D eigenvalue weighted by Gasteiger charge is -2.35. The van der Waals surface area contributed by atoms with Gasteiger partial charge in [-0.1, -0.05) is 36.4 Å². The van der Waals surface area contributed by atoms with E-state index >= 15 is 0 Å². The first-order valence-corrected chi connectivity index (χ1v) is 6.57. The number of fused-ring (bicyclic) bond motifs is 1. The average Bonchev–Trinajstić information content (AvgIpc) is 2.48. The van der Waals surface area contributed by atoms with E-state index < -0.39 is 0 Å². The maximum atomic E-state index is 12.3. The van der Waals surface area contributed by atoms with Crippen LogP contribution in [0.2, 0.25) is 0 Å². The van der Waals surface area contributed by atoms with Crippen molar-refractivity contribution in [2.75, 3.05) is 17.2 Å². The molecule has 1 heterocycles. The molecule has 0 aliphatic carbocycles. The molecule has 2 aromatic carbocycles. The Labute approximate surface area is 117 Å². The number of carbonyl (C=O) groups is 1. The van der Waals surface area contributed by atoms with Gasteiger partial charge < -0.3 is 10.5 Å². The van der Waals surface area contributed by atoms with Gasteiger partial charge in [0.1, 0.15) is 11.4 Å². The molecule has 20 heavy (non-hydrogen) atoms. The number of anilines is 2. The highest BCUT2D eigenvalue weighted by Gasteiger charge is 2.31. The summed E-state index contributed by atoms with van der Waals surface area (Å²) in [7, 11) is 0. The minimum absolute atomic E-state index is 0.0492. The number of nitrogen functional groups attached to an aromatic ring is 1. The van der Waals surface area contributed by atoms with E-state index in [1.165, 1.54) is 0 Å². The van der Waals surface area contributed by atoms with Gasteiger partial charge in [0.05, 0.1) is 11.7 Å². The Morgan fingerprint density at radius 2 is 1.90 bits per heavy atom. The third kappa shape index (κ3) is 1.99. The number of amides is 1. The van der Waals surface area contributed by atoms with Crippen LogP contribution in [0.3, 0.4) is 0 Å². The van der Waals surface area contributed by atoms with Crippen LogP contribution < -0.4 is 15.4 Å². The highest BCUT2D eigenvalue weighted by atomic mass is 16.5. The SMILES string of the molecule is CC(c1ccccc1)N1C(=O)COc2cccc(N)c21. The first-order valence-electron chi connectivity index (χ1n) is 6.57. The molecular formula is C16H16N2O2. The standard InChI is InChI=1S/C16H16N2O2/c1-11(12-6-3-2-4-7-12)18-15(19)10-20-14-9-5-8-13(17)16(14)18/h2-9,11H,10,17H2,1H3. The molecule has 0 saturated carbocycles. The molecule has 4 heteroatoms. The van der Waals surface area contributed by atoms with Crippen LogP contribution in [-0.4, -0.2) is 12.5 Å². The highest BCUT2D eigenvalue weighted by molar-refractivity contribution is 6.01. The summed E-state index contributed by atoms with van der Waals surface area (Å²) >= 11 is 0. The van der Waals surface area contributed by atoms with Gasteiger partial charge in [-0.2, -0.15) is 0 Å². The molecular weight excluding hydrogens is 252 g/mol. The Morgan fingerprint density at radius 3 is 2.65 bits per heavy atom. The number of carbonyl (C=O) groups excluding carboxylic acids is 1. The minimum atomic E-state index is -0.0870. The molecule has 1 aliphatic rings. The zero-order chi connectivity index (χ0) is 14.1. The molecule has 0 radical (unpaired) electrons. The van der Waals surface area contributed by atoms with Crippen LogP contribution in [0.25, 0.3) is 0 Å². The van der Waals surface area contributed by atoms with E-state index in [2.05, 4.69) is 0 Å². The van der Waals surface area contributed by atoms with Crippen molar-refractivity contribution in [2.24, 2.45) is 0 Å². The van der Waals surface area contributed by atoms with Crippen molar-refractivity contribution in [1.82, 2.24) is 0 Å². The molecule has 0 fully saturated rings. The van der Waals surface area contributed by atoms with E-state index in [0.29, 0.717) is 17.1 Å². The Hall–Kier alpha value is -2.49. The first-order chi connectivity index (χ1) is 9.68. The van der Waals surface area contributed by atoms with Crippen molar-refractivity contribution in [1.29, 1.82) is 0 Å². The fourth-order valence-electron chi connectivity index (χ4n) is 2.54. The summed E-state index contributed by atoms with van der Waals surface area (Å²) in [6.45, 7) is 2.04. The van der Waals surface area contributed by atoms with Crippen molar-refractivity contribution >= 4 is 17.3 Å². The van der Waals surface area contributed by atoms with Crippen LogP contribution in [0.15, 0.2) is 48.5 Å². The largest absolute Gasteiger partial charge is 0.481 e. The minimum Gasteiger partial charge on any atom is -0.481 e. The molecule has 0 bridgehead atoms. The molecule has 2 N–H and O–H groups in total. The van der Waals surface area contributed by atoms with Gasteiger partial charge in [-0.25, -0.2) is 0 Å². The monoisotopic (exact) mass is 268 g/mol. The number of nitrogens with zero attached hydrogens (tertiary/aromatic N) is 1. The van der Waals surface area contributed by atoms with Gasteiger partial charge in [-0.05, 0) is 24.6 Å². The van der Waals surface area contributed by atoms with Crippen LogP contribution in [0.1, 0.15) is 18.5 Å². The van der Waals surface area contributed by atoms with E-state index in [9.17, 15) is 4.79 Å². The van der Waals surface area contributed by atoms with Crippen molar-refractivity contribution in [3.8, 4) is 5.75 Å². The predicted octanol–water partition coefficient (Wildman–Crippen LogP) is 2.76. The van der Waals surface area contributed by atoms with Crippen LogP contribution in [-0.2, 0) is 4.79 Å². The van der Waals surface area contributed by atoms with E-state index in [4.69, 9.17) is 10.5 Å². The summed E-state index contributed by atoms with van der Waals surface area (Å²) in [6.07, 6.45) is 0. The third-order valence-electron chi connectivity index (χ3n) is 3.56. The Bertz CT molecular complexity index is 640. The van der Waals surface area contributed by atoms with Crippen molar-refractivity contribution in [3.05, 3.63) is 54.1 Å². The molecule has 4 nitrogen and oxygen atoms in total. The fourth-order valence-corrected chi connectivity index (χ4v) is 2.54.